The zero-order valence-corrected chi connectivity index (χ0v) is 9.08. The maximum atomic E-state index is 11.7. The second kappa shape index (κ2) is 2.69. The van der Waals surface area contributed by atoms with Crippen molar-refractivity contribution < 1.29 is 9.90 Å². The van der Waals surface area contributed by atoms with E-state index >= 15 is 0 Å². The fourth-order valence-corrected chi connectivity index (χ4v) is 3.19. The Kier molecular flexibility index (Phi) is 1.91. The van der Waals surface area contributed by atoms with E-state index in [0.29, 0.717) is 5.92 Å². The summed E-state index contributed by atoms with van der Waals surface area (Å²) in [6, 6.07) is 0. The van der Waals surface area contributed by atoms with Crippen LogP contribution in [0.1, 0.15) is 33.6 Å². The number of carbonyl (C=O) groups excluding carboxylic acids is 1. The summed E-state index contributed by atoms with van der Waals surface area (Å²) in [6.07, 6.45) is 5.08. The van der Waals surface area contributed by atoms with Crippen LogP contribution in [0.3, 0.4) is 0 Å². The highest BCUT2D eigenvalue weighted by molar-refractivity contribution is 5.95. The molecule has 2 rings (SSSR count). The molecule has 0 spiro atoms. The van der Waals surface area contributed by atoms with Crippen LogP contribution in [-0.2, 0) is 4.79 Å². The summed E-state index contributed by atoms with van der Waals surface area (Å²) in [5.74, 6) is 0.497. The predicted molar refractivity (Wildman–Crippen MR) is 54.8 cm³/mol. The van der Waals surface area contributed by atoms with E-state index in [0.717, 1.165) is 12.8 Å². The van der Waals surface area contributed by atoms with Gasteiger partial charge in [0.05, 0.1) is 6.10 Å². The van der Waals surface area contributed by atoms with Crippen LogP contribution in [0, 0.1) is 16.7 Å². The molecule has 1 saturated carbocycles. The van der Waals surface area contributed by atoms with Crippen molar-refractivity contribution in [3.8, 4) is 0 Å². The van der Waals surface area contributed by atoms with Gasteiger partial charge >= 0.3 is 0 Å². The largest absolute Gasteiger partial charge is 0.392 e. The summed E-state index contributed by atoms with van der Waals surface area (Å²) < 4.78 is 0. The molecule has 0 heterocycles. The number of aliphatic hydroxyl groups is 1. The van der Waals surface area contributed by atoms with Crippen LogP contribution in [-0.4, -0.2) is 17.0 Å². The Morgan fingerprint density at radius 1 is 1.36 bits per heavy atom. The van der Waals surface area contributed by atoms with Crippen LogP contribution in [0.4, 0.5) is 0 Å². The molecule has 0 bridgehead atoms. The number of rotatable bonds is 0. The third-order valence-electron chi connectivity index (χ3n) is 4.30. The van der Waals surface area contributed by atoms with Gasteiger partial charge in [-0.1, -0.05) is 26.8 Å². The van der Waals surface area contributed by atoms with Gasteiger partial charge in [0.1, 0.15) is 0 Å². The molecule has 78 valence electrons. The Morgan fingerprint density at radius 2 is 2.00 bits per heavy atom. The highest BCUT2D eigenvalue weighted by Gasteiger charge is 2.54. The monoisotopic (exact) mass is 194 g/mol. The smallest absolute Gasteiger partial charge is 0.161 e. The summed E-state index contributed by atoms with van der Waals surface area (Å²) in [7, 11) is 0. The van der Waals surface area contributed by atoms with E-state index in [4.69, 9.17) is 0 Å². The predicted octanol–water partition coefficient (Wildman–Crippen LogP) is 1.93. The maximum absolute atomic E-state index is 11.7. The summed E-state index contributed by atoms with van der Waals surface area (Å²) in [6.45, 7) is 6.07. The first-order valence-corrected chi connectivity index (χ1v) is 5.31. The molecule has 1 N–H and O–H groups in total. The first-order chi connectivity index (χ1) is 6.39. The van der Waals surface area contributed by atoms with Crippen molar-refractivity contribution in [3.63, 3.8) is 0 Å². The Labute approximate surface area is 85.0 Å². The van der Waals surface area contributed by atoms with Crippen molar-refractivity contribution in [3.05, 3.63) is 12.2 Å². The Hall–Kier alpha value is -0.630. The number of fused-ring (bicyclic) bond motifs is 1. The van der Waals surface area contributed by atoms with E-state index < -0.39 is 0 Å². The quantitative estimate of drug-likeness (QED) is 0.639. The molecule has 2 aliphatic rings. The van der Waals surface area contributed by atoms with Crippen molar-refractivity contribution in [1.29, 1.82) is 0 Å². The molecule has 0 aliphatic heterocycles. The minimum absolute atomic E-state index is 0.183. The molecule has 2 aliphatic carbocycles. The van der Waals surface area contributed by atoms with Gasteiger partial charge in [0.2, 0.25) is 0 Å². The second-order valence-electron chi connectivity index (χ2n) is 5.43. The van der Waals surface area contributed by atoms with Gasteiger partial charge in [-0.05, 0) is 24.8 Å². The number of allylic oxidation sites excluding steroid dienone is 1. The summed E-state index contributed by atoms with van der Waals surface area (Å²) in [4.78, 5) is 11.7. The third-order valence-corrected chi connectivity index (χ3v) is 4.30. The van der Waals surface area contributed by atoms with Gasteiger partial charge in [-0.2, -0.15) is 0 Å². The number of hydrogen-bond donors (Lipinski definition) is 1. The van der Waals surface area contributed by atoms with Gasteiger partial charge in [-0.3, -0.25) is 4.79 Å². The highest BCUT2D eigenvalue weighted by Crippen LogP contribution is 2.55. The van der Waals surface area contributed by atoms with Gasteiger partial charge in [-0.25, -0.2) is 0 Å². The molecule has 0 aromatic carbocycles. The third kappa shape index (κ3) is 1.04. The first-order valence-electron chi connectivity index (χ1n) is 5.31. The van der Waals surface area contributed by atoms with Crippen molar-refractivity contribution in [2.24, 2.45) is 16.7 Å². The average Bonchev–Trinajstić information content (AvgIpc) is 2.39. The lowest BCUT2D eigenvalue weighted by molar-refractivity contribution is -0.128. The van der Waals surface area contributed by atoms with Gasteiger partial charge in [0.15, 0.2) is 5.78 Å². The average molecular weight is 194 g/mol. The SMILES string of the molecule is CC1(C)C(=O)C=C[C@@]2(C)[C@@H]1CC[C@@H]2O. The van der Waals surface area contributed by atoms with Crippen molar-refractivity contribution in [2.75, 3.05) is 0 Å². The van der Waals surface area contributed by atoms with E-state index in [1.165, 1.54) is 0 Å². The fraction of sp³-hybridized carbons (Fsp3) is 0.750. The topological polar surface area (TPSA) is 37.3 Å². The second-order valence-corrected chi connectivity index (χ2v) is 5.43. The minimum Gasteiger partial charge on any atom is -0.392 e. The molecule has 0 aromatic rings. The highest BCUT2D eigenvalue weighted by atomic mass is 16.3. The molecule has 0 amide bonds. The van der Waals surface area contributed by atoms with E-state index in [9.17, 15) is 9.90 Å². The van der Waals surface area contributed by atoms with E-state index in [-0.39, 0.29) is 22.7 Å². The van der Waals surface area contributed by atoms with Crippen LogP contribution in [0.5, 0.6) is 0 Å². The molecule has 2 heteroatoms. The molecule has 0 aromatic heterocycles. The van der Waals surface area contributed by atoms with Gasteiger partial charge < -0.3 is 5.11 Å². The lowest BCUT2D eigenvalue weighted by atomic mass is 9.60. The summed E-state index contributed by atoms with van der Waals surface area (Å²) >= 11 is 0. The number of aliphatic hydroxyl groups excluding tert-OH is 1. The fourth-order valence-electron chi connectivity index (χ4n) is 3.19. The summed E-state index contributed by atoms with van der Waals surface area (Å²) in [5.41, 5.74) is -0.488. The van der Waals surface area contributed by atoms with Crippen LogP contribution < -0.4 is 0 Å². The number of hydrogen-bond acceptors (Lipinski definition) is 2. The van der Waals surface area contributed by atoms with E-state index in [1.54, 1.807) is 6.08 Å². The van der Waals surface area contributed by atoms with Gasteiger partial charge in [0, 0.05) is 10.8 Å². The molecule has 1 fully saturated rings. The van der Waals surface area contributed by atoms with Crippen LogP contribution in [0.15, 0.2) is 12.2 Å². The Morgan fingerprint density at radius 3 is 2.64 bits per heavy atom. The first kappa shape index (κ1) is 9.91. The molecule has 2 nitrogen and oxygen atoms in total. The van der Waals surface area contributed by atoms with Crippen molar-refractivity contribution in [2.45, 2.75) is 39.7 Å². The van der Waals surface area contributed by atoms with Crippen LogP contribution in [0.25, 0.3) is 0 Å². The van der Waals surface area contributed by atoms with Crippen molar-refractivity contribution in [1.82, 2.24) is 0 Å². The lowest BCUT2D eigenvalue weighted by Gasteiger charge is -2.43. The molecule has 0 unspecified atom stereocenters. The Balaban J connectivity index is 2.47. The maximum Gasteiger partial charge on any atom is 0.161 e. The molecule has 3 atom stereocenters. The van der Waals surface area contributed by atoms with E-state index in [2.05, 4.69) is 6.92 Å². The lowest BCUT2D eigenvalue weighted by Crippen LogP contribution is -2.45. The minimum atomic E-state index is -0.305. The molecule has 0 saturated heterocycles. The zero-order valence-electron chi connectivity index (χ0n) is 9.08. The van der Waals surface area contributed by atoms with E-state index in [1.807, 2.05) is 19.9 Å². The van der Waals surface area contributed by atoms with Gasteiger partial charge in [0.25, 0.3) is 0 Å². The zero-order chi connectivity index (χ0) is 10.6. The molecule has 0 radical (unpaired) electrons. The standard InChI is InChI=1S/C12H18O2/c1-11(2)8-4-5-10(14)12(8,3)7-6-9(11)13/h6-8,10,14H,4-5H2,1-3H3/t8-,10+,12+/m1/s1. The molecular weight excluding hydrogens is 176 g/mol. The Bertz CT molecular complexity index is 303. The number of ketones is 1. The number of carbonyl (C=O) groups is 1. The van der Waals surface area contributed by atoms with Crippen LogP contribution in [0.2, 0.25) is 0 Å². The van der Waals surface area contributed by atoms with Gasteiger partial charge in [-0.15, -0.1) is 0 Å². The normalized spacial score (nSPS) is 45.3. The molecule has 14 heavy (non-hydrogen) atoms. The van der Waals surface area contributed by atoms with Crippen molar-refractivity contribution >= 4 is 5.78 Å². The summed E-state index contributed by atoms with van der Waals surface area (Å²) in [5, 5.41) is 9.94. The molecular formula is C12H18O2. The van der Waals surface area contributed by atoms with Crippen LogP contribution >= 0.6 is 0 Å².